The van der Waals surface area contributed by atoms with E-state index in [2.05, 4.69) is 52.2 Å². The molecule has 5 heteroatoms. The fourth-order valence-corrected chi connectivity index (χ4v) is 3.46. The maximum absolute atomic E-state index is 6.22. The molecule has 3 rings (SSSR count). The van der Waals surface area contributed by atoms with Crippen molar-refractivity contribution in [3.63, 3.8) is 0 Å². The van der Waals surface area contributed by atoms with Crippen LogP contribution in [0.3, 0.4) is 0 Å². The summed E-state index contributed by atoms with van der Waals surface area (Å²) in [5, 5.41) is 4.59. The first-order chi connectivity index (χ1) is 9.56. The van der Waals surface area contributed by atoms with Crippen molar-refractivity contribution < 1.29 is 0 Å². The van der Waals surface area contributed by atoms with Crippen molar-refractivity contribution in [3.05, 3.63) is 45.7 Å². The minimum atomic E-state index is 0.684. The smallest absolute Gasteiger partial charge is 0.129 e. The number of hydrogen-bond donors (Lipinski definition) is 1. The van der Waals surface area contributed by atoms with Gasteiger partial charge in [-0.15, -0.1) is 11.3 Å². The molecule has 0 spiro atoms. The van der Waals surface area contributed by atoms with Crippen LogP contribution in [0.5, 0.6) is 0 Å². The molecular formula is C15H14BrN3S. The van der Waals surface area contributed by atoms with Crippen LogP contribution in [-0.4, -0.2) is 9.78 Å². The Labute approximate surface area is 130 Å². The second-order valence-corrected chi connectivity index (χ2v) is 6.86. The third-order valence-electron chi connectivity index (χ3n) is 3.18. The lowest BCUT2D eigenvalue weighted by atomic mass is 10.0. The molecule has 0 aliphatic heterocycles. The highest BCUT2D eigenvalue weighted by Crippen LogP contribution is 2.39. The summed E-state index contributed by atoms with van der Waals surface area (Å²) in [6.07, 6.45) is 0. The first-order valence-electron chi connectivity index (χ1n) is 6.21. The van der Waals surface area contributed by atoms with E-state index in [1.165, 1.54) is 4.88 Å². The molecule has 0 aliphatic rings. The van der Waals surface area contributed by atoms with E-state index in [9.17, 15) is 0 Å². The van der Waals surface area contributed by atoms with Crippen molar-refractivity contribution in [2.75, 3.05) is 5.73 Å². The Morgan fingerprint density at radius 3 is 2.70 bits per heavy atom. The van der Waals surface area contributed by atoms with Crippen molar-refractivity contribution in [1.82, 2.24) is 9.78 Å². The molecule has 0 unspecified atom stereocenters. The van der Waals surface area contributed by atoms with Crippen LogP contribution in [0.25, 0.3) is 21.7 Å². The molecule has 3 aromatic rings. The molecule has 0 atom stereocenters. The van der Waals surface area contributed by atoms with Gasteiger partial charge in [-0.25, -0.2) is 0 Å². The number of nitrogens with two attached hydrogens (primary N) is 1. The Kier molecular flexibility index (Phi) is 3.40. The van der Waals surface area contributed by atoms with Crippen LogP contribution < -0.4 is 5.73 Å². The van der Waals surface area contributed by atoms with Crippen LogP contribution in [0, 0.1) is 6.92 Å². The number of rotatable bonds is 2. The Morgan fingerprint density at radius 1 is 1.25 bits per heavy atom. The number of nitrogen functional groups attached to an aromatic ring is 1. The second-order valence-electron chi connectivity index (χ2n) is 4.65. The summed E-state index contributed by atoms with van der Waals surface area (Å²) in [6.45, 7) is 2.10. The van der Waals surface area contributed by atoms with Crippen molar-refractivity contribution in [2.24, 2.45) is 7.05 Å². The highest BCUT2D eigenvalue weighted by atomic mass is 79.9. The number of anilines is 1. The fourth-order valence-electron chi connectivity index (χ4n) is 2.20. The number of hydrogen-bond acceptors (Lipinski definition) is 3. The van der Waals surface area contributed by atoms with E-state index in [0.29, 0.717) is 5.82 Å². The van der Waals surface area contributed by atoms with Gasteiger partial charge in [0.1, 0.15) is 11.5 Å². The van der Waals surface area contributed by atoms with Crippen LogP contribution in [-0.2, 0) is 7.05 Å². The minimum absolute atomic E-state index is 0.684. The fraction of sp³-hybridized carbons (Fsp3) is 0.133. The van der Waals surface area contributed by atoms with E-state index >= 15 is 0 Å². The zero-order chi connectivity index (χ0) is 14.3. The largest absolute Gasteiger partial charge is 0.383 e. The normalized spacial score (nSPS) is 10.9. The molecule has 1 aromatic carbocycles. The number of thiophene rings is 1. The third kappa shape index (κ3) is 2.27. The molecular weight excluding hydrogens is 334 g/mol. The zero-order valence-corrected chi connectivity index (χ0v) is 13.6. The van der Waals surface area contributed by atoms with Crippen molar-refractivity contribution >= 4 is 33.1 Å². The summed E-state index contributed by atoms with van der Waals surface area (Å²) in [5.74, 6) is 0.684. The van der Waals surface area contributed by atoms with Crippen LogP contribution >= 0.6 is 27.3 Å². The summed E-state index contributed by atoms with van der Waals surface area (Å²) in [5.41, 5.74) is 9.24. The molecule has 2 N–H and O–H groups in total. The summed E-state index contributed by atoms with van der Waals surface area (Å²) in [6, 6.07) is 12.3. The predicted octanol–water partition coefficient (Wildman–Crippen LogP) is 4.47. The van der Waals surface area contributed by atoms with E-state index in [4.69, 9.17) is 5.73 Å². The Hall–Kier alpha value is -1.59. The molecule has 0 aliphatic carbocycles. The molecule has 0 fully saturated rings. The Bertz CT molecular complexity index is 773. The highest BCUT2D eigenvalue weighted by molar-refractivity contribution is 9.10. The van der Waals surface area contributed by atoms with E-state index in [-0.39, 0.29) is 0 Å². The van der Waals surface area contributed by atoms with E-state index in [1.807, 2.05) is 19.2 Å². The van der Waals surface area contributed by atoms with E-state index in [0.717, 1.165) is 26.2 Å². The highest BCUT2D eigenvalue weighted by Gasteiger charge is 2.18. The van der Waals surface area contributed by atoms with Crippen LogP contribution in [0.4, 0.5) is 5.82 Å². The quantitative estimate of drug-likeness (QED) is 0.743. The topological polar surface area (TPSA) is 43.8 Å². The lowest BCUT2D eigenvalue weighted by molar-refractivity contribution is 0.783. The van der Waals surface area contributed by atoms with Crippen molar-refractivity contribution in [3.8, 4) is 21.7 Å². The number of aryl methyl sites for hydroxylation is 2. The number of aromatic nitrogens is 2. The van der Waals surface area contributed by atoms with Crippen molar-refractivity contribution in [1.29, 1.82) is 0 Å². The van der Waals surface area contributed by atoms with Gasteiger partial charge >= 0.3 is 0 Å². The summed E-state index contributed by atoms with van der Waals surface area (Å²) < 4.78 is 2.77. The number of halogens is 1. The summed E-state index contributed by atoms with van der Waals surface area (Å²) in [4.78, 5) is 2.41. The van der Waals surface area contributed by atoms with Gasteiger partial charge in [-0.05, 0) is 36.8 Å². The molecule has 102 valence electrons. The Balaban J connectivity index is 2.24. The van der Waals surface area contributed by atoms with Gasteiger partial charge in [0.05, 0.1) is 10.4 Å². The van der Waals surface area contributed by atoms with Gasteiger partial charge in [-0.3, -0.25) is 4.68 Å². The van der Waals surface area contributed by atoms with Gasteiger partial charge in [0.25, 0.3) is 0 Å². The minimum Gasteiger partial charge on any atom is -0.383 e. The van der Waals surface area contributed by atoms with Crippen LogP contribution in [0.15, 0.2) is 40.9 Å². The average Bonchev–Trinajstić information content (AvgIpc) is 2.95. The van der Waals surface area contributed by atoms with Crippen LogP contribution in [0.1, 0.15) is 4.88 Å². The molecule has 3 nitrogen and oxygen atoms in total. The maximum atomic E-state index is 6.22. The molecule has 2 aromatic heterocycles. The molecule has 0 bridgehead atoms. The van der Waals surface area contributed by atoms with Crippen LogP contribution in [0.2, 0.25) is 0 Å². The monoisotopic (exact) mass is 347 g/mol. The molecule has 0 saturated heterocycles. The van der Waals surface area contributed by atoms with Gasteiger partial charge in [-0.1, -0.05) is 28.1 Å². The van der Waals surface area contributed by atoms with Crippen molar-refractivity contribution in [2.45, 2.75) is 6.92 Å². The first kappa shape index (κ1) is 13.4. The molecule has 0 radical (unpaired) electrons. The number of nitrogens with zero attached hydrogens (tertiary/aromatic N) is 2. The van der Waals surface area contributed by atoms with Gasteiger partial charge < -0.3 is 5.73 Å². The maximum Gasteiger partial charge on any atom is 0.129 e. The lowest BCUT2D eigenvalue weighted by Gasteiger charge is -2.03. The van der Waals surface area contributed by atoms with Gasteiger partial charge in [0.15, 0.2) is 0 Å². The van der Waals surface area contributed by atoms with Gasteiger partial charge in [0.2, 0.25) is 0 Å². The van der Waals surface area contributed by atoms with Gasteiger partial charge in [0, 0.05) is 16.4 Å². The summed E-state index contributed by atoms with van der Waals surface area (Å²) in [7, 11) is 1.88. The van der Waals surface area contributed by atoms with Gasteiger partial charge in [-0.2, -0.15) is 5.10 Å². The lowest BCUT2D eigenvalue weighted by Crippen LogP contribution is -1.97. The molecule has 2 heterocycles. The third-order valence-corrected chi connectivity index (χ3v) is 4.68. The van der Waals surface area contributed by atoms with E-state index < -0.39 is 0 Å². The Morgan fingerprint density at radius 2 is 2.05 bits per heavy atom. The molecule has 0 saturated carbocycles. The predicted molar refractivity (Wildman–Crippen MR) is 88.8 cm³/mol. The SMILES string of the molecule is Cc1ccc(-c2nn(C)c(N)c2-c2cccc(Br)c2)s1. The second kappa shape index (κ2) is 5.07. The first-order valence-corrected chi connectivity index (χ1v) is 7.82. The number of benzene rings is 1. The average molecular weight is 348 g/mol. The zero-order valence-electron chi connectivity index (χ0n) is 11.2. The molecule has 20 heavy (non-hydrogen) atoms. The molecule has 0 amide bonds. The summed E-state index contributed by atoms with van der Waals surface area (Å²) >= 11 is 5.24. The van der Waals surface area contributed by atoms with E-state index in [1.54, 1.807) is 16.0 Å². The standard InChI is InChI=1S/C15H14BrN3S/c1-9-6-7-12(20-9)14-13(15(17)19(2)18-14)10-4-3-5-11(16)8-10/h3-8H,17H2,1-2H3.